The third-order valence-electron chi connectivity index (χ3n) is 1.48. The minimum Gasteiger partial charge on any atom is -1.00 e. The minimum atomic E-state index is -1.15. The van der Waals surface area contributed by atoms with Crippen LogP contribution in [0.5, 0.6) is 0 Å². The average molecular weight is 238 g/mol. The van der Waals surface area contributed by atoms with E-state index < -0.39 is 11.9 Å². The van der Waals surface area contributed by atoms with Gasteiger partial charge in [0.05, 0.1) is 20.6 Å². The van der Waals surface area contributed by atoms with Gasteiger partial charge in [-0.05, 0) is 12.1 Å². The molecule has 70 valence electrons. The Bertz CT molecular complexity index is 358. The summed E-state index contributed by atoms with van der Waals surface area (Å²) >= 11 is 0. The molecule has 0 spiro atoms. The molecule has 0 aromatic heterocycles. The van der Waals surface area contributed by atoms with E-state index in [4.69, 9.17) is 5.11 Å². The number of carbonyl (C=O) groups excluding carboxylic acids is 1. The molecule has 0 heterocycles. The molecular formula is C8H8KO4P. The SMILES string of the molecule is O=C(O)c1ccccc1C(=O)OP.[H-].[K+]. The Balaban J connectivity index is 0. The van der Waals surface area contributed by atoms with Crippen molar-refractivity contribution in [2.75, 3.05) is 0 Å². The second kappa shape index (κ2) is 6.66. The fourth-order valence-corrected chi connectivity index (χ4v) is 1.04. The fraction of sp³-hybridized carbons (Fsp3) is 0. The van der Waals surface area contributed by atoms with E-state index in [1.807, 2.05) is 0 Å². The smallest absolute Gasteiger partial charge is 1.00 e. The van der Waals surface area contributed by atoms with Gasteiger partial charge in [-0.15, -0.1) is 0 Å². The zero-order chi connectivity index (χ0) is 9.84. The summed E-state index contributed by atoms with van der Waals surface area (Å²) in [6, 6.07) is 5.86. The number of benzene rings is 1. The van der Waals surface area contributed by atoms with Crippen LogP contribution in [-0.4, -0.2) is 17.0 Å². The van der Waals surface area contributed by atoms with E-state index in [9.17, 15) is 9.59 Å². The van der Waals surface area contributed by atoms with E-state index in [-0.39, 0.29) is 63.9 Å². The number of carboxylic acids is 1. The summed E-state index contributed by atoms with van der Waals surface area (Å²) in [5.41, 5.74) is -0.0139. The summed E-state index contributed by atoms with van der Waals surface area (Å²) in [7, 11) is 1.78. The molecule has 0 aliphatic carbocycles. The monoisotopic (exact) mass is 238 g/mol. The van der Waals surface area contributed by atoms with Crippen LogP contribution in [0.4, 0.5) is 0 Å². The van der Waals surface area contributed by atoms with E-state index >= 15 is 0 Å². The number of rotatable bonds is 2. The molecular weight excluding hydrogens is 230 g/mol. The maximum atomic E-state index is 11.0. The van der Waals surface area contributed by atoms with Gasteiger partial charge in [-0.3, -0.25) is 0 Å². The van der Waals surface area contributed by atoms with Gasteiger partial charge in [-0.2, -0.15) is 0 Å². The van der Waals surface area contributed by atoms with Gasteiger partial charge < -0.3 is 11.1 Å². The molecule has 0 bridgehead atoms. The number of carbonyl (C=O) groups is 2. The molecule has 4 nitrogen and oxygen atoms in total. The van der Waals surface area contributed by atoms with Crippen molar-refractivity contribution in [2.24, 2.45) is 0 Å². The van der Waals surface area contributed by atoms with Crippen molar-refractivity contribution in [3.05, 3.63) is 35.4 Å². The van der Waals surface area contributed by atoms with Crippen LogP contribution in [0.3, 0.4) is 0 Å². The summed E-state index contributed by atoms with van der Waals surface area (Å²) in [4.78, 5) is 21.7. The number of carboxylic acid groups (broad SMARTS) is 1. The van der Waals surface area contributed by atoms with Gasteiger partial charge in [0.1, 0.15) is 0 Å². The Hall–Kier alpha value is 0.226. The molecule has 1 atom stereocenters. The molecule has 0 radical (unpaired) electrons. The molecule has 0 aliphatic heterocycles. The second-order valence-corrected chi connectivity index (χ2v) is 2.49. The Morgan fingerprint density at radius 1 is 1.29 bits per heavy atom. The van der Waals surface area contributed by atoms with Crippen LogP contribution in [0.2, 0.25) is 0 Å². The molecule has 14 heavy (non-hydrogen) atoms. The van der Waals surface area contributed by atoms with Crippen molar-refractivity contribution >= 4 is 21.4 Å². The molecule has 1 aromatic carbocycles. The van der Waals surface area contributed by atoms with E-state index in [1.165, 1.54) is 12.1 Å². The van der Waals surface area contributed by atoms with Crippen molar-refractivity contribution in [1.29, 1.82) is 0 Å². The zero-order valence-electron chi connectivity index (χ0n) is 8.56. The maximum Gasteiger partial charge on any atom is 1.00 e. The molecule has 0 saturated heterocycles. The number of aromatic carboxylic acids is 1. The van der Waals surface area contributed by atoms with Crippen LogP contribution >= 0.6 is 9.47 Å². The molecule has 0 amide bonds. The normalized spacial score (nSPS) is 8.64. The van der Waals surface area contributed by atoms with Gasteiger partial charge in [0.25, 0.3) is 0 Å². The predicted octanol–water partition coefficient (Wildman–Crippen LogP) is -1.55. The summed E-state index contributed by atoms with van der Waals surface area (Å²) in [5.74, 6) is -1.82. The Labute approximate surface area is 127 Å². The van der Waals surface area contributed by atoms with Crippen LogP contribution in [0.25, 0.3) is 0 Å². The summed E-state index contributed by atoms with van der Waals surface area (Å²) in [5, 5.41) is 8.70. The van der Waals surface area contributed by atoms with E-state index in [2.05, 4.69) is 4.52 Å². The largest absolute Gasteiger partial charge is 1.00 e. The number of hydrogen-bond donors (Lipinski definition) is 1. The molecule has 1 aromatic rings. The average Bonchev–Trinajstić information content (AvgIpc) is 2.16. The molecule has 0 saturated carbocycles. The van der Waals surface area contributed by atoms with Gasteiger partial charge in [-0.25, -0.2) is 9.59 Å². The summed E-state index contributed by atoms with van der Waals surface area (Å²) in [6.45, 7) is 0. The van der Waals surface area contributed by atoms with Crippen molar-refractivity contribution in [2.45, 2.75) is 0 Å². The van der Waals surface area contributed by atoms with Gasteiger partial charge in [0.15, 0.2) is 0 Å². The third kappa shape index (κ3) is 3.42. The molecule has 0 fully saturated rings. The third-order valence-corrected chi connectivity index (χ3v) is 1.70. The molecule has 0 aliphatic rings. The van der Waals surface area contributed by atoms with Crippen LogP contribution in [0.1, 0.15) is 22.1 Å². The maximum absolute atomic E-state index is 11.0. The van der Waals surface area contributed by atoms with Crippen molar-refractivity contribution in [3.8, 4) is 0 Å². The van der Waals surface area contributed by atoms with Gasteiger partial charge in [0.2, 0.25) is 0 Å². The first kappa shape index (κ1) is 14.2. The Morgan fingerprint density at radius 3 is 2.21 bits per heavy atom. The summed E-state index contributed by atoms with van der Waals surface area (Å²) in [6.07, 6.45) is 0. The van der Waals surface area contributed by atoms with Crippen molar-refractivity contribution < 1.29 is 72.0 Å². The zero-order valence-corrected chi connectivity index (χ0v) is 11.8. The summed E-state index contributed by atoms with van der Waals surface area (Å²) < 4.78 is 4.34. The quantitative estimate of drug-likeness (QED) is 0.500. The minimum absolute atomic E-state index is 0. The molecule has 1 N–H and O–H groups in total. The first-order chi connectivity index (χ1) is 6.16. The second-order valence-electron chi connectivity index (χ2n) is 2.26. The van der Waals surface area contributed by atoms with Gasteiger partial charge in [-0.1, -0.05) is 12.1 Å². The van der Waals surface area contributed by atoms with Crippen molar-refractivity contribution in [1.82, 2.24) is 0 Å². The van der Waals surface area contributed by atoms with Crippen molar-refractivity contribution in [3.63, 3.8) is 0 Å². The van der Waals surface area contributed by atoms with Crippen LogP contribution in [0, 0.1) is 0 Å². The van der Waals surface area contributed by atoms with Gasteiger partial charge in [0, 0.05) is 0 Å². The topological polar surface area (TPSA) is 63.6 Å². The number of hydrogen-bond acceptors (Lipinski definition) is 3. The van der Waals surface area contributed by atoms with E-state index in [0.29, 0.717) is 0 Å². The molecule has 1 unspecified atom stereocenters. The Morgan fingerprint density at radius 2 is 1.79 bits per heavy atom. The van der Waals surface area contributed by atoms with Gasteiger partial charge >= 0.3 is 63.3 Å². The first-order valence-corrected chi connectivity index (χ1v) is 3.87. The fourth-order valence-electron chi connectivity index (χ4n) is 0.911. The molecule has 6 heteroatoms. The molecule has 1 rings (SSSR count). The van der Waals surface area contributed by atoms with Crippen LogP contribution < -0.4 is 51.4 Å². The van der Waals surface area contributed by atoms with E-state index in [1.54, 1.807) is 21.6 Å². The van der Waals surface area contributed by atoms with Crippen LogP contribution in [-0.2, 0) is 4.52 Å². The Kier molecular flexibility index (Phi) is 6.77. The standard InChI is InChI=1S/C8H7O4P.K.H/c9-7(10)5-3-1-2-4-6(5)8(11)12-13;;/h1-4H,13H2,(H,9,10);;/q;+1;-1. The van der Waals surface area contributed by atoms with Crippen LogP contribution in [0.15, 0.2) is 24.3 Å². The van der Waals surface area contributed by atoms with E-state index in [0.717, 1.165) is 0 Å². The first-order valence-electron chi connectivity index (χ1n) is 3.40. The predicted molar refractivity (Wildman–Crippen MR) is 49.6 cm³/mol.